The van der Waals surface area contributed by atoms with Gasteiger partial charge in [0.05, 0.1) is 17.3 Å². The van der Waals surface area contributed by atoms with Crippen LogP contribution >= 0.6 is 22.6 Å². The molecule has 0 bridgehead atoms. The molecule has 0 aliphatic heterocycles. The first-order valence-corrected chi connectivity index (χ1v) is 15.7. The summed E-state index contributed by atoms with van der Waals surface area (Å²) in [6.45, 7) is 2.51. The molecule has 2 aromatic heterocycles. The van der Waals surface area contributed by atoms with Crippen molar-refractivity contribution in [1.82, 2.24) is 20.2 Å². The Labute approximate surface area is 251 Å². The largest absolute Gasteiger partial charge is 0.486 e. The van der Waals surface area contributed by atoms with Crippen LogP contribution in [0.15, 0.2) is 66.7 Å². The Balaban J connectivity index is 1.49. The minimum Gasteiger partial charge on any atom is -0.486 e. The van der Waals surface area contributed by atoms with Crippen LogP contribution in [-0.2, 0) is 29.6 Å². The third kappa shape index (κ3) is 6.27. The van der Waals surface area contributed by atoms with Crippen LogP contribution in [0, 0.1) is 9.52 Å². The van der Waals surface area contributed by atoms with Gasteiger partial charge in [-0.15, -0.1) is 0 Å². The number of para-hydroxylation sites is 1. The maximum absolute atomic E-state index is 15.3. The summed E-state index contributed by atoms with van der Waals surface area (Å²) in [6, 6.07) is 19.9. The third-order valence-corrected chi connectivity index (χ3v) is 8.64. The van der Waals surface area contributed by atoms with Gasteiger partial charge < -0.3 is 10.1 Å². The van der Waals surface area contributed by atoms with Gasteiger partial charge in [-0.3, -0.25) is 9.40 Å². The highest BCUT2D eigenvalue weighted by molar-refractivity contribution is 14.1. The lowest BCUT2D eigenvalue weighted by atomic mass is 10.0. The number of hydrogen-bond donors (Lipinski definition) is 2. The van der Waals surface area contributed by atoms with Gasteiger partial charge in [-0.2, -0.15) is 5.10 Å². The molecule has 0 aliphatic carbocycles. The van der Waals surface area contributed by atoms with Gasteiger partial charge in [-0.25, -0.2) is 22.8 Å². The normalized spacial score (nSPS) is 11.5. The second-order valence-electron chi connectivity index (χ2n) is 9.41. The minimum absolute atomic E-state index is 0.163. The molecule has 2 N–H and O–H groups in total. The fraction of sp³-hybridized carbons (Fsp3) is 0.207. The number of H-pyrrole nitrogens is 1. The summed E-state index contributed by atoms with van der Waals surface area (Å²) in [5.74, 6) is 0.471. The second kappa shape index (κ2) is 12.0. The van der Waals surface area contributed by atoms with Crippen molar-refractivity contribution in [3.63, 3.8) is 0 Å². The van der Waals surface area contributed by atoms with Crippen molar-refractivity contribution in [2.75, 3.05) is 22.9 Å². The van der Waals surface area contributed by atoms with Crippen LogP contribution in [0.25, 0.3) is 22.4 Å². The summed E-state index contributed by atoms with van der Waals surface area (Å²) in [6.07, 6.45) is 1.76. The van der Waals surface area contributed by atoms with E-state index in [1.54, 1.807) is 18.2 Å². The smallest absolute Gasteiger partial charge is 0.232 e. The fourth-order valence-electron chi connectivity index (χ4n) is 4.41. The monoisotopic (exact) mass is 686 g/mol. The van der Waals surface area contributed by atoms with E-state index in [9.17, 15) is 8.42 Å². The Kier molecular flexibility index (Phi) is 8.40. The summed E-state index contributed by atoms with van der Waals surface area (Å²) in [5, 5.41) is 11.2. The number of ether oxygens (including phenoxy) is 1. The van der Waals surface area contributed by atoms with Crippen molar-refractivity contribution >= 4 is 55.2 Å². The van der Waals surface area contributed by atoms with E-state index in [1.165, 1.54) is 17.4 Å². The summed E-state index contributed by atoms with van der Waals surface area (Å²) >= 11 is 2.10. The number of aryl methyl sites for hydroxylation is 1. The number of anilines is 2. The number of nitrogens with zero attached hydrogens (tertiary/aromatic N) is 4. The van der Waals surface area contributed by atoms with Crippen molar-refractivity contribution in [2.45, 2.75) is 26.5 Å². The van der Waals surface area contributed by atoms with Gasteiger partial charge in [0.15, 0.2) is 23.0 Å². The summed E-state index contributed by atoms with van der Waals surface area (Å²) in [7, 11) is -1.94. The molecule has 9 nitrogen and oxygen atoms in total. The van der Waals surface area contributed by atoms with Gasteiger partial charge in [-0.05, 0) is 63.9 Å². The van der Waals surface area contributed by atoms with Crippen LogP contribution in [0.2, 0.25) is 0 Å². The van der Waals surface area contributed by atoms with E-state index in [4.69, 9.17) is 9.72 Å². The standard InChI is InChI=1S/C29H28FIN6O3S/c1-4-19-14-24(40-17-18-10-6-5-7-11-18)22(30)15-21(19)27-33-28(25-26(31)35-36-29(25)34-27)32-16-20-12-8-9-13-23(20)37(2)41(3,38)39/h5-15H,4,16-17H2,1-3H3,(H2,32,33,34,35,36). The Morgan fingerprint density at radius 2 is 1.78 bits per heavy atom. The Hall–Kier alpha value is -3.78. The van der Waals surface area contributed by atoms with Crippen LogP contribution in [0.1, 0.15) is 23.6 Å². The molecule has 0 saturated heterocycles. The van der Waals surface area contributed by atoms with Gasteiger partial charge in [0.2, 0.25) is 10.0 Å². The van der Waals surface area contributed by atoms with Crippen LogP contribution in [-0.4, -0.2) is 41.9 Å². The van der Waals surface area contributed by atoms with E-state index in [0.29, 0.717) is 44.0 Å². The molecule has 0 saturated carbocycles. The topological polar surface area (TPSA) is 113 Å². The maximum atomic E-state index is 15.3. The van der Waals surface area contributed by atoms with Gasteiger partial charge in [0.25, 0.3) is 0 Å². The van der Waals surface area contributed by atoms with E-state index in [2.05, 4.69) is 43.1 Å². The molecule has 3 aromatic carbocycles. The van der Waals surface area contributed by atoms with Crippen LogP contribution in [0.3, 0.4) is 0 Å². The van der Waals surface area contributed by atoms with Crippen molar-refractivity contribution in [2.24, 2.45) is 0 Å². The fourth-order valence-corrected chi connectivity index (χ4v) is 5.58. The molecular formula is C29H28FIN6O3S. The van der Waals surface area contributed by atoms with Crippen LogP contribution < -0.4 is 14.4 Å². The lowest BCUT2D eigenvalue weighted by Crippen LogP contribution is -2.26. The molecule has 5 aromatic rings. The molecule has 0 atom stereocenters. The lowest BCUT2D eigenvalue weighted by molar-refractivity contribution is 0.290. The number of halogens is 2. The Bertz CT molecular complexity index is 1810. The highest BCUT2D eigenvalue weighted by Gasteiger charge is 2.20. The summed E-state index contributed by atoms with van der Waals surface area (Å²) in [5.41, 5.74) is 4.12. The first-order chi connectivity index (χ1) is 19.7. The molecule has 0 aliphatic rings. The number of nitrogens with one attached hydrogen (secondary N) is 2. The maximum Gasteiger partial charge on any atom is 0.232 e. The number of aromatic amines is 1. The predicted molar refractivity (Wildman–Crippen MR) is 167 cm³/mol. The summed E-state index contributed by atoms with van der Waals surface area (Å²) < 4.78 is 47.4. The van der Waals surface area contributed by atoms with Gasteiger partial charge in [0.1, 0.15) is 16.1 Å². The SMILES string of the molecule is CCc1cc(OCc2ccccc2)c(F)cc1-c1nc(NCc2ccccc2N(C)S(C)(=O)=O)c2c(I)n[nH]c2n1. The average molecular weight is 687 g/mol. The van der Waals surface area contributed by atoms with Crippen molar-refractivity contribution in [1.29, 1.82) is 0 Å². The number of rotatable bonds is 10. The Morgan fingerprint density at radius 1 is 1.05 bits per heavy atom. The van der Waals surface area contributed by atoms with Gasteiger partial charge in [0, 0.05) is 19.2 Å². The first kappa shape index (κ1) is 28.7. The zero-order valence-electron chi connectivity index (χ0n) is 22.6. The molecule has 0 radical (unpaired) electrons. The van der Waals surface area contributed by atoms with E-state index < -0.39 is 15.8 Å². The zero-order valence-corrected chi connectivity index (χ0v) is 25.6. The third-order valence-electron chi connectivity index (χ3n) is 6.67. The quantitative estimate of drug-likeness (QED) is 0.176. The molecule has 0 unspecified atom stereocenters. The second-order valence-corrected chi connectivity index (χ2v) is 12.4. The number of benzene rings is 3. The molecule has 0 amide bonds. The lowest BCUT2D eigenvalue weighted by Gasteiger charge is -2.20. The molecule has 5 rings (SSSR count). The number of fused-ring (bicyclic) bond motifs is 1. The van der Waals surface area contributed by atoms with E-state index >= 15 is 4.39 Å². The van der Waals surface area contributed by atoms with Gasteiger partial charge in [-0.1, -0.05) is 55.5 Å². The number of sulfonamides is 1. The van der Waals surface area contributed by atoms with E-state index in [0.717, 1.165) is 22.9 Å². The van der Waals surface area contributed by atoms with Crippen molar-refractivity contribution in [3.05, 3.63) is 92.9 Å². The molecular weight excluding hydrogens is 658 g/mol. The number of hydrogen-bond acceptors (Lipinski definition) is 7. The van der Waals surface area contributed by atoms with E-state index in [-0.39, 0.29) is 18.9 Å². The molecule has 0 fully saturated rings. The highest BCUT2D eigenvalue weighted by Crippen LogP contribution is 2.33. The predicted octanol–water partition coefficient (Wildman–Crippen LogP) is 5.91. The molecule has 12 heteroatoms. The van der Waals surface area contributed by atoms with Crippen LogP contribution in [0.4, 0.5) is 15.9 Å². The molecule has 41 heavy (non-hydrogen) atoms. The highest BCUT2D eigenvalue weighted by atomic mass is 127. The molecule has 0 spiro atoms. The minimum atomic E-state index is -3.45. The first-order valence-electron chi connectivity index (χ1n) is 12.8. The van der Waals surface area contributed by atoms with Crippen molar-refractivity contribution in [3.8, 4) is 17.1 Å². The Morgan fingerprint density at radius 3 is 2.51 bits per heavy atom. The van der Waals surface area contributed by atoms with Crippen LogP contribution in [0.5, 0.6) is 5.75 Å². The number of aromatic nitrogens is 4. The van der Waals surface area contributed by atoms with E-state index in [1.807, 2.05) is 49.4 Å². The summed E-state index contributed by atoms with van der Waals surface area (Å²) in [4.78, 5) is 9.45. The molecule has 2 heterocycles. The average Bonchev–Trinajstić information content (AvgIpc) is 3.35. The van der Waals surface area contributed by atoms with Crippen molar-refractivity contribution < 1.29 is 17.5 Å². The zero-order chi connectivity index (χ0) is 29.1. The molecule has 212 valence electrons. The van der Waals surface area contributed by atoms with Gasteiger partial charge >= 0.3 is 0 Å².